The molecule has 1 rings (SSSR count). The summed E-state index contributed by atoms with van der Waals surface area (Å²) in [5.74, 6) is 2.61. The maximum Gasteiger partial charge on any atom is 0.220 e. The maximum absolute atomic E-state index is 11.6. The zero-order chi connectivity index (χ0) is 11.8. The predicted octanol–water partition coefficient (Wildman–Crippen LogP) is 1.78. The van der Waals surface area contributed by atoms with E-state index in [2.05, 4.69) is 24.5 Å². The van der Waals surface area contributed by atoms with Gasteiger partial charge in [-0.05, 0) is 37.3 Å². The zero-order valence-electron chi connectivity index (χ0n) is 10.4. The molecule has 1 aliphatic heterocycles. The molecule has 0 spiro atoms. The minimum absolute atomic E-state index is 0.224. The van der Waals surface area contributed by atoms with Gasteiger partial charge in [-0.3, -0.25) is 4.79 Å². The molecule has 1 saturated heterocycles. The average molecular weight is 244 g/mol. The summed E-state index contributed by atoms with van der Waals surface area (Å²) in [6.07, 6.45) is 3.87. The summed E-state index contributed by atoms with van der Waals surface area (Å²) in [6, 6.07) is 0.949. The number of rotatable bonds is 6. The van der Waals surface area contributed by atoms with Gasteiger partial charge < -0.3 is 10.6 Å². The minimum Gasteiger partial charge on any atom is -0.353 e. The van der Waals surface area contributed by atoms with Gasteiger partial charge in [0.15, 0.2) is 0 Å². The van der Waals surface area contributed by atoms with Gasteiger partial charge in [0.25, 0.3) is 0 Å². The van der Waals surface area contributed by atoms with Crippen LogP contribution in [-0.2, 0) is 4.79 Å². The Morgan fingerprint density at radius 1 is 1.38 bits per heavy atom. The van der Waals surface area contributed by atoms with E-state index in [0.29, 0.717) is 18.5 Å². The highest BCUT2D eigenvalue weighted by Crippen LogP contribution is 2.16. The van der Waals surface area contributed by atoms with Crippen LogP contribution >= 0.6 is 11.8 Å². The van der Waals surface area contributed by atoms with Gasteiger partial charge in [-0.2, -0.15) is 11.8 Å². The van der Waals surface area contributed by atoms with Gasteiger partial charge in [-0.1, -0.05) is 13.8 Å². The second-order valence-corrected chi connectivity index (χ2v) is 5.89. The molecular weight excluding hydrogens is 220 g/mol. The predicted molar refractivity (Wildman–Crippen MR) is 70.9 cm³/mol. The van der Waals surface area contributed by atoms with Crippen molar-refractivity contribution in [2.45, 2.75) is 51.6 Å². The number of amides is 1. The molecule has 0 aromatic rings. The van der Waals surface area contributed by atoms with Crippen LogP contribution in [0.5, 0.6) is 0 Å². The van der Waals surface area contributed by atoms with Gasteiger partial charge in [0.2, 0.25) is 5.91 Å². The highest BCUT2D eigenvalue weighted by molar-refractivity contribution is 7.99. The first-order chi connectivity index (χ1) is 7.68. The van der Waals surface area contributed by atoms with Gasteiger partial charge >= 0.3 is 0 Å². The summed E-state index contributed by atoms with van der Waals surface area (Å²) in [5, 5.41) is 6.45. The summed E-state index contributed by atoms with van der Waals surface area (Å²) in [4.78, 5) is 11.6. The summed E-state index contributed by atoms with van der Waals surface area (Å²) in [7, 11) is 0. The van der Waals surface area contributed by atoms with Gasteiger partial charge in [0.1, 0.15) is 0 Å². The molecule has 0 radical (unpaired) electrons. The molecule has 0 saturated carbocycles. The smallest absolute Gasteiger partial charge is 0.220 e. The summed E-state index contributed by atoms with van der Waals surface area (Å²) in [5.41, 5.74) is 0. The molecule has 1 aliphatic rings. The molecule has 0 unspecified atom stereocenters. The number of thioether (sulfide) groups is 1. The van der Waals surface area contributed by atoms with Crippen LogP contribution in [0.15, 0.2) is 0 Å². The molecular formula is C12H24N2OS. The molecule has 16 heavy (non-hydrogen) atoms. The van der Waals surface area contributed by atoms with E-state index in [1.807, 2.05) is 11.8 Å². The Hall–Kier alpha value is -0.220. The van der Waals surface area contributed by atoms with Crippen molar-refractivity contribution in [2.75, 3.05) is 18.1 Å². The van der Waals surface area contributed by atoms with Crippen molar-refractivity contribution < 1.29 is 4.79 Å². The molecule has 0 aromatic carbocycles. The third-order valence-corrected chi connectivity index (χ3v) is 3.77. The Bertz CT molecular complexity index is 203. The van der Waals surface area contributed by atoms with Gasteiger partial charge in [-0.15, -0.1) is 0 Å². The van der Waals surface area contributed by atoms with Crippen LogP contribution in [0.2, 0.25) is 0 Å². The molecule has 0 aliphatic carbocycles. The highest BCUT2D eigenvalue weighted by Gasteiger charge is 2.15. The monoisotopic (exact) mass is 244 g/mol. The molecule has 1 amide bonds. The molecule has 1 fully saturated rings. The van der Waals surface area contributed by atoms with E-state index in [4.69, 9.17) is 0 Å². The van der Waals surface area contributed by atoms with Crippen LogP contribution in [0.1, 0.15) is 39.5 Å². The lowest BCUT2D eigenvalue weighted by atomic mass is 10.1. The molecule has 2 N–H and O–H groups in total. The normalized spacial score (nSPS) is 17.7. The van der Waals surface area contributed by atoms with E-state index < -0.39 is 0 Å². The van der Waals surface area contributed by atoms with Crippen LogP contribution in [-0.4, -0.2) is 36.0 Å². The lowest BCUT2D eigenvalue weighted by molar-refractivity contribution is -0.121. The van der Waals surface area contributed by atoms with Crippen LogP contribution in [0, 0.1) is 0 Å². The fourth-order valence-corrected chi connectivity index (χ4v) is 2.89. The molecule has 0 aromatic heterocycles. The number of nitrogens with one attached hydrogen (secondary N) is 2. The van der Waals surface area contributed by atoms with E-state index in [-0.39, 0.29) is 5.91 Å². The Balaban J connectivity index is 2.01. The second kappa shape index (κ2) is 7.96. The molecule has 0 bridgehead atoms. The van der Waals surface area contributed by atoms with Gasteiger partial charge in [0, 0.05) is 18.5 Å². The largest absolute Gasteiger partial charge is 0.353 e. The van der Waals surface area contributed by atoms with Crippen LogP contribution in [0.4, 0.5) is 0 Å². The quantitative estimate of drug-likeness (QED) is 0.700. The van der Waals surface area contributed by atoms with Crippen molar-refractivity contribution in [2.24, 2.45) is 0 Å². The second-order valence-electron chi connectivity index (χ2n) is 4.67. The van der Waals surface area contributed by atoms with E-state index in [1.54, 1.807) is 0 Å². The van der Waals surface area contributed by atoms with Crippen molar-refractivity contribution >= 4 is 17.7 Å². The van der Waals surface area contributed by atoms with Gasteiger partial charge in [0.05, 0.1) is 0 Å². The minimum atomic E-state index is 0.224. The van der Waals surface area contributed by atoms with Crippen molar-refractivity contribution in [3.63, 3.8) is 0 Å². The van der Waals surface area contributed by atoms with E-state index in [9.17, 15) is 4.79 Å². The topological polar surface area (TPSA) is 41.1 Å². The van der Waals surface area contributed by atoms with Gasteiger partial charge in [-0.25, -0.2) is 0 Å². The maximum atomic E-state index is 11.6. The Morgan fingerprint density at radius 2 is 2.06 bits per heavy atom. The van der Waals surface area contributed by atoms with Crippen molar-refractivity contribution in [3.05, 3.63) is 0 Å². The SMILES string of the molecule is CC(C)NCCCC(=O)NC1CCSCC1. The summed E-state index contributed by atoms with van der Waals surface area (Å²) >= 11 is 1.99. The summed E-state index contributed by atoms with van der Waals surface area (Å²) < 4.78 is 0. The molecule has 1 heterocycles. The molecule has 0 atom stereocenters. The molecule has 94 valence electrons. The Morgan fingerprint density at radius 3 is 2.69 bits per heavy atom. The number of carbonyl (C=O) groups is 1. The third-order valence-electron chi connectivity index (χ3n) is 2.72. The highest BCUT2D eigenvalue weighted by atomic mass is 32.2. The van der Waals surface area contributed by atoms with Crippen LogP contribution < -0.4 is 10.6 Å². The van der Waals surface area contributed by atoms with Crippen LogP contribution in [0.25, 0.3) is 0 Å². The van der Waals surface area contributed by atoms with Crippen molar-refractivity contribution in [3.8, 4) is 0 Å². The van der Waals surface area contributed by atoms with Crippen molar-refractivity contribution in [1.29, 1.82) is 0 Å². The first kappa shape index (κ1) is 13.8. The number of carbonyl (C=O) groups excluding carboxylic acids is 1. The van der Waals surface area contributed by atoms with E-state index in [1.165, 1.54) is 11.5 Å². The number of hydrogen-bond acceptors (Lipinski definition) is 3. The standard InChI is InChI=1S/C12H24N2OS/c1-10(2)13-7-3-4-12(15)14-11-5-8-16-9-6-11/h10-11,13H,3-9H2,1-2H3,(H,14,15). The van der Waals surface area contributed by atoms with Crippen LogP contribution in [0.3, 0.4) is 0 Å². The average Bonchev–Trinajstić information content (AvgIpc) is 2.25. The lowest BCUT2D eigenvalue weighted by Gasteiger charge is -2.22. The van der Waals surface area contributed by atoms with Crippen molar-refractivity contribution in [1.82, 2.24) is 10.6 Å². The fraction of sp³-hybridized carbons (Fsp3) is 0.917. The lowest BCUT2D eigenvalue weighted by Crippen LogP contribution is -2.37. The molecule has 3 nitrogen and oxygen atoms in total. The molecule has 4 heteroatoms. The zero-order valence-corrected chi connectivity index (χ0v) is 11.2. The number of hydrogen-bond donors (Lipinski definition) is 2. The Kier molecular flexibility index (Phi) is 6.88. The first-order valence-electron chi connectivity index (χ1n) is 6.29. The Labute approximate surface area is 103 Å². The first-order valence-corrected chi connectivity index (χ1v) is 7.44. The van der Waals surface area contributed by atoms with E-state index in [0.717, 1.165) is 25.8 Å². The third kappa shape index (κ3) is 6.38. The summed E-state index contributed by atoms with van der Waals surface area (Å²) in [6.45, 7) is 5.19. The van der Waals surface area contributed by atoms with E-state index >= 15 is 0 Å². The fourth-order valence-electron chi connectivity index (χ4n) is 1.78.